The third-order valence-corrected chi connectivity index (χ3v) is 4.80. The summed E-state index contributed by atoms with van der Waals surface area (Å²) in [5, 5.41) is 13.5. The second kappa shape index (κ2) is 8.16. The molecule has 150 valence electrons. The summed E-state index contributed by atoms with van der Waals surface area (Å²) in [6.07, 6.45) is 1.51. The first-order chi connectivity index (χ1) is 14.6. The zero-order valence-electron chi connectivity index (χ0n) is 15.9. The summed E-state index contributed by atoms with van der Waals surface area (Å²) < 4.78 is 15.2. The number of rotatable bonds is 5. The van der Waals surface area contributed by atoms with Crippen LogP contribution in [0.2, 0.25) is 0 Å². The van der Waals surface area contributed by atoms with E-state index in [-0.39, 0.29) is 29.7 Å². The van der Waals surface area contributed by atoms with E-state index in [2.05, 4.69) is 10.3 Å². The fourth-order valence-corrected chi connectivity index (χ4v) is 3.29. The zero-order chi connectivity index (χ0) is 21.1. The van der Waals surface area contributed by atoms with Crippen LogP contribution in [0.5, 0.6) is 5.75 Å². The molecule has 0 aliphatic rings. The number of fused-ring (bicyclic) bond motifs is 1. The smallest absolute Gasteiger partial charge is 0.269 e. The number of hydrogen-bond acceptors (Lipinski definition) is 4. The van der Waals surface area contributed by atoms with Gasteiger partial charge in [-0.3, -0.25) is 14.2 Å². The highest BCUT2D eigenvalue weighted by atomic mass is 19.1. The van der Waals surface area contributed by atoms with Crippen molar-refractivity contribution in [2.45, 2.75) is 13.1 Å². The van der Waals surface area contributed by atoms with Crippen molar-refractivity contribution in [3.63, 3.8) is 0 Å². The zero-order valence-corrected chi connectivity index (χ0v) is 15.9. The van der Waals surface area contributed by atoms with Crippen LogP contribution in [-0.4, -0.2) is 20.6 Å². The van der Waals surface area contributed by atoms with Gasteiger partial charge in [0.25, 0.3) is 11.5 Å². The molecule has 2 aromatic carbocycles. The highest BCUT2D eigenvalue weighted by Crippen LogP contribution is 2.25. The first kappa shape index (κ1) is 19.3. The molecule has 0 aliphatic carbocycles. The fraction of sp³-hybridized carbons (Fsp3) is 0.0870. The number of aromatic hydroxyl groups is 1. The van der Waals surface area contributed by atoms with Crippen molar-refractivity contribution in [2.75, 3.05) is 0 Å². The maximum Gasteiger partial charge on any atom is 0.269 e. The Morgan fingerprint density at radius 2 is 1.77 bits per heavy atom. The second-order valence-electron chi connectivity index (χ2n) is 6.75. The SMILES string of the molecule is O=C(NCc1ccccc1F)c1c(O)c2cccnc2n(Cc2ccccc2)c1=O. The molecule has 0 bridgehead atoms. The van der Waals surface area contributed by atoms with Crippen LogP contribution in [0.3, 0.4) is 0 Å². The van der Waals surface area contributed by atoms with Crippen LogP contribution in [0.1, 0.15) is 21.5 Å². The summed E-state index contributed by atoms with van der Waals surface area (Å²) in [7, 11) is 0. The van der Waals surface area contributed by atoms with Gasteiger partial charge in [0.2, 0.25) is 0 Å². The fourth-order valence-electron chi connectivity index (χ4n) is 3.29. The minimum atomic E-state index is -0.784. The number of amides is 1. The molecule has 2 N–H and O–H groups in total. The van der Waals surface area contributed by atoms with Gasteiger partial charge in [-0.25, -0.2) is 9.37 Å². The van der Waals surface area contributed by atoms with Crippen LogP contribution in [-0.2, 0) is 13.1 Å². The van der Waals surface area contributed by atoms with Gasteiger partial charge in [0, 0.05) is 18.3 Å². The third-order valence-electron chi connectivity index (χ3n) is 4.80. The molecule has 7 heteroatoms. The third kappa shape index (κ3) is 3.65. The highest BCUT2D eigenvalue weighted by molar-refractivity contribution is 6.01. The predicted molar refractivity (Wildman–Crippen MR) is 111 cm³/mol. The van der Waals surface area contributed by atoms with E-state index in [9.17, 15) is 19.1 Å². The molecule has 0 fully saturated rings. The van der Waals surface area contributed by atoms with Crippen molar-refractivity contribution in [1.82, 2.24) is 14.9 Å². The van der Waals surface area contributed by atoms with Gasteiger partial charge >= 0.3 is 0 Å². The molecule has 0 spiro atoms. The molecule has 6 nitrogen and oxygen atoms in total. The predicted octanol–water partition coefficient (Wildman–Crippen LogP) is 3.22. The van der Waals surface area contributed by atoms with E-state index in [1.807, 2.05) is 30.3 Å². The van der Waals surface area contributed by atoms with E-state index >= 15 is 0 Å². The summed E-state index contributed by atoms with van der Waals surface area (Å²) in [5.74, 6) is -1.70. The molecule has 30 heavy (non-hydrogen) atoms. The van der Waals surface area contributed by atoms with E-state index < -0.39 is 28.6 Å². The van der Waals surface area contributed by atoms with Crippen molar-refractivity contribution in [2.24, 2.45) is 0 Å². The first-order valence-corrected chi connectivity index (χ1v) is 9.32. The molecule has 0 saturated heterocycles. The Labute approximate surface area is 171 Å². The van der Waals surface area contributed by atoms with Crippen LogP contribution in [0.15, 0.2) is 77.7 Å². The molecule has 0 saturated carbocycles. The highest BCUT2D eigenvalue weighted by Gasteiger charge is 2.23. The molecule has 0 aliphatic heterocycles. The number of benzene rings is 2. The topological polar surface area (TPSA) is 84.2 Å². The first-order valence-electron chi connectivity index (χ1n) is 9.32. The van der Waals surface area contributed by atoms with Gasteiger partial charge in [0.05, 0.1) is 11.9 Å². The summed E-state index contributed by atoms with van der Waals surface area (Å²) in [6.45, 7) is 0.0647. The number of pyridine rings is 2. The number of hydrogen-bond donors (Lipinski definition) is 2. The van der Waals surface area contributed by atoms with Gasteiger partial charge in [-0.1, -0.05) is 48.5 Å². The van der Waals surface area contributed by atoms with Gasteiger partial charge in [-0.15, -0.1) is 0 Å². The minimum absolute atomic E-state index is 0.117. The Hall–Kier alpha value is -4.00. The van der Waals surface area contributed by atoms with Crippen molar-refractivity contribution in [1.29, 1.82) is 0 Å². The van der Waals surface area contributed by atoms with Crippen molar-refractivity contribution in [3.8, 4) is 5.75 Å². The monoisotopic (exact) mass is 403 g/mol. The molecular formula is C23H18FN3O3. The Kier molecular flexibility index (Phi) is 5.26. The van der Waals surface area contributed by atoms with Crippen LogP contribution in [0.25, 0.3) is 11.0 Å². The maximum absolute atomic E-state index is 13.8. The lowest BCUT2D eigenvalue weighted by atomic mass is 10.1. The van der Waals surface area contributed by atoms with Gasteiger partial charge in [0.15, 0.2) is 0 Å². The molecule has 2 aromatic heterocycles. The molecule has 4 aromatic rings. The lowest BCUT2D eigenvalue weighted by molar-refractivity contribution is 0.0946. The average molecular weight is 403 g/mol. The Morgan fingerprint density at radius 1 is 1.03 bits per heavy atom. The van der Waals surface area contributed by atoms with Crippen molar-refractivity contribution >= 4 is 16.9 Å². The second-order valence-corrected chi connectivity index (χ2v) is 6.75. The van der Waals surface area contributed by atoms with E-state index in [1.165, 1.54) is 22.9 Å². The molecule has 0 unspecified atom stereocenters. The number of carbonyl (C=O) groups is 1. The lowest BCUT2D eigenvalue weighted by Gasteiger charge is -2.14. The molecule has 1 amide bonds. The largest absolute Gasteiger partial charge is 0.506 e. The van der Waals surface area contributed by atoms with Crippen molar-refractivity contribution < 1.29 is 14.3 Å². The van der Waals surface area contributed by atoms with Crippen LogP contribution in [0, 0.1) is 5.82 Å². The number of nitrogens with one attached hydrogen (secondary N) is 1. The summed E-state index contributed by atoms with van der Waals surface area (Å²) in [5.41, 5.74) is 0.318. The minimum Gasteiger partial charge on any atom is -0.506 e. The number of aromatic nitrogens is 2. The Morgan fingerprint density at radius 3 is 2.53 bits per heavy atom. The summed E-state index contributed by atoms with van der Waals surface area (Å²) >= 11 is 0. The standard InChI is InChI=1S/C23H18FN3O3/c24-18-11-5-4-9-16(18)13-26-22(29)19-20(28)17-10-6-12-25-21(17)27(23(19)30)14-15-7-2-1-3-8-15/h1-12,28H,13-14H2,(H,26,29). The van der Waals surface area contributed by atoms with Gasteiger partial charge in [0.1, 0.15) is 22.8 Å². The maximum atomic E-state index is 13.8. The molecular weight excluding hydrogens is 385 g/mol. The van der Waals surface area contributed by atoms with Crippen LogP contribution in [0.4, 0.5) is 4.39 Å². The molecule has 0 radical (unpaired) electrons. The average Bonchev–Trinajstić information content (AvgIpc) is 2.77. The van der Waals surface area contributed by atoms with E-state index in [0.717, 1.165) is 5.56 Å². The van der Waals surface area contributed by atoms with Crippen LogP contribution < -0.4 is 10.9 Å². The van der Waals surface area contributed by atoms with E-state index in [1.54, 1.807) is 24.3 Å². The quantitative estimate of drug-likeness (QED) is 0.536. The van der Waals surface area contributed by atoms with Gasteiger partial charge in [-0.05, 0) is 23.8 Å². The molecule has 0 atom stereocenters. The van der Waals surface area contributed by atoms with Gasteiger partial charge in [-0.2, -0.15) is 0 Å². The Balaban J connectivity index is 1.77. The number of nitrogens with zero attached hydrogens (tertiary/aromatic N) is 2. The van der Waals surface area contributed by atoms with Crippen molar-refractivity contribution in [3.05, 3.63) is 106 Å². The number of carbonyl (C=O) groups excluding carboxylic acids is 1. The van der Waals surface area contributed by atoms with Gasteiger partial charge < -0.3 is 10.4 Å². The summed E-state index contributed by atoms with van der Waals surface area (Å²) in [4.78, 5) is 30.2. The summed E-state index contributed by atoms with van der Waals surface area (Å²) in [6, 6.07) is 18.5. The molecule has 2 heterocycles. The lowest BCUT2D eigenvalue weighted by Crippen LogP contribution is -2.33. The molecule has 4 rings (SSSR count). The normalized spacial score (nSPS) is 10.8. The van der Waals surface area contributed by atoms with Crippen LogP contribution >= 0.6 is 0 Å². The van der Waals surface area contributed by atoms with E-state index in [4.69, 9.17) is 0 Å². The van der Waals surface area contributed by atoms with E-state index in [0.29, 0.717) is 0 Å². The number of halogens is 1. The Bertz CT molecular complexity index is 1290.